The van der Waals surface area contributed by atoms with Crippen molar-refractivity contribution in [1.29, 1.82) is 0 Å². The molecule has 0 aliphatic carbocycles. The molecule has 1 heterocycles. The highest BCUT2D eigenvalue weighted by atomic mass is 35.5. The Morgan fingerprint density at radius 2 is 2.25 bits per heavy atom. The summed E-state index contributed by atoms with van der Waals surface area (Å²) in [6.07, 6.45) is 0. The Morgan fingerprint density at radius 1 is 1.58 bits per heavy atom. The van der Waals surface area contributed by atoms with Gasteiger partial charge in [0.1, 0.15) is 0 Å². The van der Waals surface area contributed by atoms with Crippen LogP contribution in [0.4, 0.5) is 0 Å². The van der Waals surface area contributed by atoms with E-state index in [-0.39, 0.29) is 16.7 Å². The average molecular weight is 192 g/mol. The van der Waals surface area contributed by atoms with Gasteiger partial charge in [-0.1, -0.05) is 16.8 Å². The number of methoxy groups -OCH3 is 2. The van der Waals surface area contributed by atoms with Gasteiger partial charge in [0.2, 0.25) is 5.69 Å². The Labute approximate surface area is 73.2 Å². The first-order valence-corrected chi connectivity index (χ1v) is 3.36. The second-order valence-corrected chi connectivity index (χ2v) is 2.21. The third-order valence-corrected chi connectivity index (χ3v) is 1.50. The van der Waals surface area contributed by atoms with Crippen LogP contribution in [0.5, 0.6) is 5.95 Å². The summed E-state index contributed by atoms with van der Waals surface area (Å²) in [6, 6.07) is 0. The summed E-state index contributed by atoms with van der Waals surface area (Å²) in [7, 11) is 2.58. The van der Waals surface area contributed by atoms with Crippen molar-refractivity contribution in [2.45, 2.75) is 0 Å². The molecule has 66 valence electrons. The summed E-state index contributed by atoms with van der Waals surface area (Å²) in [5.41, 5.74) is -0.0870. The fourth-order valence-corrected chi connectivity index (χ4v) is 0.838. The molecule has 0 bridgehead atoms. The molecule has 0 saturated heterocycles. The summed E-state index contributed by atoms with van der Waals surface area (Å²) in [5, 5.41) is 3.37. The number of aromatic nitrogens is 1. The van der Waals surface area contributed by atoms with E-state index in [1.165, 1.54) is 14.2 Å². The van der Waals surface area contributed by atoms with Crippen molar-refractivity contribution in [3.05, 3.63) is 10.7 Å². The number of hydrogen-bond donors (Lipinski definition) is 0. The Bertz CT molecular complexity index is 296. The average Bonchev–Trinajstić information content (AvgIpc) is 2.45. The molecule has 1 rings (SSSR count). The Morgan fingerprint density at radius 3 is 2.67 bits per heavy atom. The van der Waals surface area contributed by atoms with Crippen molar-refractivity contribution in [3.8, 4) is 5.95 Å². The molecule has 1 aromatic rings. The zero-order chi connectivity index (χ0) is 9.14. The molecule has 0 atom stereocenters. The van der Waals surface area contributed by atoms with E-state index in [1.807, 2.05) is 0 Å². The predicted molar refractivity (Wildman–Crippen MR) is 39.4 cm³/mol. The van der Waals surface area contributed by atoms with Crippen LogP contribution < -0.4 is 4.74 Å². The van der Waals surface area contributed by atoms with Crippen molar-refractivity contribution in [1.82, 2.24) is 5.16 Å². The number of carbonyl (C=O) groups is 1. The van der Waals surface area contributed by atoms with E-state index < -0.39 is 5.97 Å². The van der Waals surface area contributed by atoms with Gasteiger partial charge in [-0.15, -0.1) is 0 Å². The molecule has 0 fully saturated rings. The van der Waals surface area contributed by atoms with Crippen LogP contribution in [-0.2, 0) is 4.74 Å². The van der Waals surface area contributed by atoms with E-state index in [4.69, 9.17) is 11.6 Å². The number of ether oxygens (including phenoxy) is 2. The smallest absolute Gasteiger partial charge is 0.362 e. The number of carbonyl (C=O) groups excluding carboxylic acids is 1. The highest BCUT2D eigenvalue weighted by Gasteiger charge is 2.21. The van der Waals surface area contributed by atoms with Gasteiger partial charge in [0, 0.05) is 0 Å². The first-order valence-electron chi connectivity index (χ1n) is 2.98. The summed E-state index contributed by atoms with van der Waals surface area (Å²) >= 11 is 5.62. The van der Waals surface area contributed by atoms with Gasteiger partial charge >= 0.3 is 11.9 Å². The molecule has 1 aromatic heterocycles. The highest BCUT2D eigenvalue weighted by molar-refractivity contribution is 6.34. The first kappa shape index (κ1) is 8.86. The summed E-state index contributed by atoms with van der Waals surface area (Å²) in [4.78, 5) is 10.9. The van der Waals surface area contributed by atoms with Crippen LogP contribution in [0.15, 0.2) is 4.52 Å². The molecule has 12 heavy (non-hydrogen) atoms. The molecule has 0 spiro atoms. The van der Waals surface area contributed by atoms with E-state index in [1.54, 1.807) is 0 Å². The van der Waals surface area contributed by atoms with Crippen LogP contribution in [0.25, 0.3) is 0 Å². The number of halogens is 1. The number of esters is 1. The van der Waals surface area contributed by atoms with Crippen LogP contribution in [-0.4, -0.2) is 25.3 Å². The van der Waals surface area contributed by atoms with Gasteiger partial charge in [-0.2, -0.15) is 0 Å². The van der Waals surface area contributed by atoms with Gasteiger partial charge in [0.25, 0.3) is 0 Å². The first-order chi connectivity index (χ1) is 5.70. The molecule has 0 amide bonds. The fourth-order valence-electron chi connectivity index (χ4n) is 0.614. The molecular weight excluding hydrogens is 186 g/mol. The lowest BCUT2D eigenvalue weighted by Crippen LogP contribution is -2.01. The van der Waals surface area contributed by atoms with Crippen molar-refractivity contribution in [2.75, 3.05) is 14.2 Å². The third-order valence-electron chi connectivity index (χ3n) is 1.17. The maximum Gasteiger partial charge on any atom is 0.362 e. The minimum atomic E-state index is -0.660. The Kier molecular flexibility index (Phi) is 2.54. The minimum absolute atomic E-state index is 0.00272. The van der Waals surface area contributed by atoms with Crippen molar-refractivity contribution >= 4 is 17.6 Å². The molecule has 0 aliphatic heterocycles. The molecule has 0 radical (unpaired) electrons. The zero-order valence-corrected chi connectivity index (χ0v) is 7.21. The molecule has 0 saturated carbocycles. The van der Waals surface area contributed by atoms with E-state index in [0.29, 0.717) is 0 Å². The molecule has 0 aromatic carbocycles. The van der Waals surface area contributed by atoms with Crippen LogP contribution >= 0.6 is 11.6 Å². The number of nitrogens with zero attached hydrogens (tertiary/aromatic N) is 1. The van der Waals surface area contributed by atoms with Crippen molar-refractivity contribution < 1.29 is 18.8 Å². The van der Waals surface area contributed by atoms with E-state index in [9.17, 15) is 4.79 Å². The largest absolute Gasteiger partial charge is 0.466 e. The van der Waals surface area contributed by atoms with Gasteiger partial charge in [0.15, 0.2) is 5.02 Å². The highest BCUT2D eigenvalue weighted by Crippen LogP contribution is 2.27. The molecule has 6 heteroatoms. The van der Waals surface area contributed by atoms with Gasteiger partial charge < -0.3 is 14.0 Å². The van der Waals surface area contributed by atoms with Crippen molar-refractivity contribution in [2.24, 2.45) is 0 Å². The van der Waals surface area contributed by atoms with Gasteiger partial charge in [0.05, 0.1) is 14.2 Å². The van der Waals surface area contributed by atoms with E-state index in [2.05, 4.69) is 19.2 Å². The lowest BCUT2D eigenvalue weighted by atomic mass is 10.4. The second-order valence-electron chi connectivity index (χ2n) is 1.83. The summed E-state index contributed by atoms with van der Waals surface area (Å²) in [5.74, 6) is -0.663. The number of rotatable bonds is 2. The third kappa shape index (κ3) is 1.35. The van der Waals surface area contributed by atoms with E-state index >= 15 is 0 Å². The molecule has 0 unspecified atom stereocenters. The monoisotopic (exact) mass is 191 g/mol. The standard InChI is InChI=1S/C6H6ClNO4/c1-10-5(9)4-3(7)6(11-2)12-8-4/h1-2H3. The molecule has 0 aliphatic rings. The van der Waals surface area contributed by atoms with Gasteiger partial charge in [-0.3, -0.25) is 0 Å². The molecule has 5 nitrogen and oxygen atoms in total. The van der Waals surface area contributed by atoms with Crippen LogP contribution in [0, 0.1) is 0 Å². The van der Waals surface area contributed by atoms with Gasteiger partial charge in [-0.25, -0.2) is 4.79 Å². The fraction of sp³-hybridized carbons (Fsp3) is 0.333. The Balaban J connectivity index is 3.02. The topological polar surface area (TPSA) is 61.6 Å². The predicted octanol–water partition coefficient (Wildman–Crippen LogP) is 1.12. The Hall–Kier alpha value is -1.23. The van der Waals surface area contributed by atoms with Gasteiger partial charge in [-0.05, 0) is 0 Å². The SMILES string of the molecule is COC(=O)c1noc(OC)c1Cl. The van der Waals surface area contributed by atoms with Crippen LogP contribution in [0.1, 0.15) is 10.5 Å². The van der Waals surface area contributed by atoms with Crippen LogP contribution in [0.2, 0.25) is 5.02 Å². The summed E-state index contributed by atoms with van der Waals surface area (Å²) in [6.45, 7) is 0. The second kappa shape index (κ2) is 3.44. The normalized spacial score (nSPS) is 9.58. The van der Waals surface area contributed by atoms with E-state index in [0.717, 1.165) is 0 Å². The zero-order valence-electron chi connectivity index (χ0n) is 6.46. The molecule has 0 N–H and O–H groups in total. The quantitative estimate of drug-likeness (QED) is 0.656. The summed E-state index contributed by atoms with van der Waals surface area (Å²) < 4.78 is 13.6. The lowest BCUT2D eigenvalue weighted by molar-refractivity contribution is 0.0589. The minimum Gasteiger partial charge on any atom is -0.466 e. The molecular formula is C6H6ClNO4. The van der Waals surface area contributed by atoms with Crippen molar-refractivity contribution in [3.63, 3.8) is 0 Å². The maximum atomic E-state index is 10.9. The van der Waals surface area contributed by atoms with Crippen LogP contribution in [0.3, 0.4) is 0 Å². The number of hydrogen-bond acceptors (Lipinski definition) is 5. The lowest BCUT2D eigenvalue weighted by Gasteiger charge is -1.92. The maximum absolute atomic E-state index is 10.9.